The summed E-state index contributed by atoms with van der Waals surface area (Å²) in [5.41, 5.74) is 1.40. The predicted molar refractivity (Wildman–Crippen MR) is 91.0 cm³/mol. The zero-order chi connectivity index (χ0) is 16.1. The van der Waals surface area contributed by atoms with Crippen molar-refractivity contribution < 1.29 is 9.53 Å². The number of carbonyl (C=O) groups excluding carboxylic acids is 1. The second-order valence-electron chi connectivity index (χ2n) is 5.30. The summed E-state index contributed by atoms with van der Waals surface area (Å²) >= 11 is 1.46. The van der Waals surface area contributed by atoms with Gasteiger partial charge in [0.2, 0.25) is 0 Å². The molecule has 1 aliphatic heterocycles. The lowest BCUT2D eigenvalue weighted by Gasteiger charge is -2.27. The fraction of sp³-hybridized carbons (Fsp3) is 0.438. The van der Waals surface area contributed by atoms with E-state index >= 15 is 0 Å². The molecule has 6 nitrogen and oxygen atoms in total. The summed E-state index contributed by atoms with van der Waals surface area (Å²) < 4.78 is 5.35. The summed E-state index contributed by atoms with van der Waals surface area (Å²) in [7, 11) is 0. The number of carbonyl (C=O) groups is 1. The summed E-state index contributed by atoms with van der Waals surface area (Å²) in [6.07, 6.45) is 2.73. The molecule has 1 fully saturated rings. The molecule has 1 N–H and O–H groups in total. The molecule has 7 heteroatoms. The predicted octanol–water partition coefficient (Wildman–Crippen LogP) is 2.18. The van der Waals surface area contributed by atoms with Crippen LogP contribution in [0.25, 0.3) is 10.6 Å². The number of anilines is 1. The molecule has 0 unspecified atom stereocenters. The van der Waals surface area contributed by atoms with Gasteiger partial charge in [-0.05, 0) is 18.6 Å². The Labute approximate surface area is 139 Å². The van der Waals surface area contributed by atoms with Crippen LogP contribution in [0.1, 0.15) is 23.8 Å². The maximum absolute atomic E-state index is 11.9. The van der Waals surface area contributed by atoms with Gasteiger partial charge in [-0.25, -0.2) is 9.97 Å². The Bertz CT molecular complexity index is 650. The van der Waals surface area contributed by atoms with Gasteiger partial charge in [-0.1, -0.05) is 6.92 Å². The summed E-state index contributed by atoms with van der Waals surface area (Å²) in [6.45, 7) is 5.91. The zero-order valence-electron chi connectivity index (χ0n) is 13.1. The Morgan fingerprint density at radius 3 is 2.91 bits per heavy atom. The van der Waals surface area contributed by atoms with Gasteiger partial charge < -0.3 is 15.0 Å². The van der Waals surface area contributed by atoms with Crippen LogP contribution in [0.5, 0.6) is 0 Å². The smallest absolute Gasteiger partial charge is 0.270 e. The van der Waals surface area contributed by atoms with E-state index in [2.05, 4.69) is 20.2 Å². The number of ether oxygens (including phenoxy) is 1. The van der Waals surface area contributed by atoms with E-state index in [1.165, 1.54) is 11.3 Å². The monoisotopic (exact) mass is 332 g/mol. The summed E-state index contributed by atoms with van der Waals surface area (Å²) in [5, 5.41) is 5.44. The maximum Gasteiger partial charge on any atom is 0.270 e. The molecule has 3 heterocycles. The molecule has 122 valence electrons. The lowest BCUT2D eigenvalue weighted by molar-refractivity contribution is 0.0949. The first-order valence-corrected chi connectivity index (χ1v) is 8.68. The second-order valence-corrected chi connectivity index (χ2v) is 6.16. The van der Waals surface area contributed by atoms with E-state index in [0.717, 1.165) is 49.1 Å². The fourth-order valence-electron chi connectivity index (χ4n) is 2.33. The minimum atomic E-state index is -0.118. The van der Waals surface area contributed by atoms with Crippen LogP contribution < -0.4 is 10.2 Å². The van der Waals surface area contributed by atoms with Crippen molar-refractivity contribution in [3.63, 3.8) is 0 Å². The zero-order valence-corrected chi connectivity index (χ0v) is 13.9. The molecule has 0 bridgehead atoms. The number of thiazole rings is 1. The first-order chi connectivity index (χ1) is 11.3. The summed E-state index contributed by atoms with van der Waals surface area (Å²) in [5.74, 6) is 0.835. The molecule has 1 amide bonds. The number of rotatable bonds is 5. The minimum absolute atomic E-state index is 0.118. The Hall–Kier alpha value is -1.99. The molecular weight excluding hydrogens is 312 g/mol. The third-order valence-corrected chi connectivity index (χ3v) is 4.49. The van der Waals surface area contributed by atoms with Crippen molar-refractivity contribution in [1.82, 2.24) is 15.3 Å². The Morgan fingerprint density at radius 1 is 1.39 bits per heavy atom. The summed E-state index contributed by atoms with van der Waals surface area (Å²) in [6, 6.07) is 4.00. The topological polar surface area (TPSA) is 67.4 Å². The number of amides is 1. The first-order valence-electron chi connectivity index (χ1n) is 7.81. The van der Waals surface area contributed by atoms with E-state index in [0.29, 0.717) is 12.2 Å². The standard InChI is InChI=1S/C16H20N4O2S/c1-2-5-17-15(21)13-11-23-16(19-13)12-3-4-14(18-10-12)20-6-8-22-9-7-20/h3-4,10-11H,2,5-9H2,1H3,(H,17,21). The van der Waals surface area contributed by atoms with E-state index in [1.54, 1.807) is 5.38 Å². The fourth-order valence-corrected chi connectivity index (χ4v) is 3.12. The van der Waals surface area contributed by atoms with Gasteiger partial charge in [0.05, 0.1) is 13.2 Å². The van der Waals surface area contributed by atoms with Crippen molar-refractivity contribution >= 4 is 23.1 Å². The maximum atomic E-state index is 11.9. The third-order valence-electron chi connectivity index (χ3n) is 3.60. The van der Waals surface area contributed by atoms with Crippen molar-refractivity contribution in [3.8, 4) is 10.6 Å². The number of morpholine rings is 1. The van der Waals surface area contributed by atoms with Crippen LogP contribution >= 0.6 is 11.3 Å². The van der Waals surface area contributed by atoms with E-state index < -0.39 is 0 Å². The average Bonchev–Trinajstić information content (AvgIpc) is 3.11. The number of aromatic nitrogens is 2. The number of hydrogen-bond acceptors (Lipinski definition) is 6. The molecule has 0 aliphatic carbocycles. The van der Waals surface area contributed by atoms with Crippen LogP contribution in [0.2, 0.25) is 0 Å². The number of pyridine rings is 1. The molecule has 0 aromatic carbocycles. The Morgan fingerprint density at radius 2 is 2.22 bits per heavy atom. The molecule has 0 radical (unpaired) electrons. The number of hydrogen-bond donors (Lipinski definition) is 1. The quantitative estimate of drug-likeness (QED) is 0.909. The molecule has 1 aliphatic rings. The van der Waals surface area contributed by atoms with Crippen molar-refractivity contribution in [2.24, 2.45) is 0 Å². The number of nitrogens with zero attached hydrogens (tertiary/aromatic N) is 3. The normalized spacial score (nSPS) is 14.7. The highest BCUT2D eigenvalue weighted by Crippen LogP contribution is 2.25. The van der Waals surface area contributed by atoms with Gasteiger partial charge in [0.25, 0.3) is 5.91 Å². The Balaban J connectivity index is 1.69. The molecule has 0 atom stereocenters. The largest absolute Gasteiger partial charge is 0.378 e. The van der Waals surface area contributed by atoms with Gasteiger partial charge in [-0.15, -0.1) is 11.3 Å². The van der Waals surface area contributed by atoms with E-state index in [9.17, 15) is 4.79 Å². The van der Waals surface area contributed by atoms with Gasteiger partial charge in [-0.2, -0.15) is 0 Å². The average molecular weight is 332 g/mol. The third kappa shape index (κ3) is 3.86. The van der Waals surface area contributed by atoms with E-state index in [1.807, 2.05) is 25.3 Å². The lowest BCUT2D eigenvalue weighted by Crippen LogP contribution is -2.36. The van der Waals surface area contributed by atoms with Gasteiger partial charge >= 0.3 is 0 Å². The molecule has 0 saturated carbocycles. The minimum Gasteiger partial charge on any atom is -0.378 e. The lowest BCUT2D eigenvalue weighted by atomic mass is 10.3. The highest BCUT2D eigenvalue weighted by Gasteiger charge is 2.14. The molecule has 0 spiro atoms. The van der Waals surface area contributed by atoms with Crippen molar-refractivity contribution in [2.45, 2.75) is 13.3 Å². The van der Waals surface area contributed by atoms with E-state index in [4.69, 9.17) is 4.74 Å². The van der Waals surface area contributed by atoms with Crippen LogP contribution in [0.4, 0.5) is 5.82 Å². The highest BCUT2D eigenvalue weighted by atomic mass is 32.1. The molecule has 3 rings (SSSR count). The summed E-state index contributed by atoms with van der Waals surface area (Å²) in [4.78, 5) is 23.0. The van der Waals surface area contributed by atoms with Gasteiger partial charge in [0.1, 0.15) is 16.5 Å². The first kappa shape index (κ1) is 15.9. The SMILES string of the molecule is CCCNC(=O)c1csc(-c2ccc(N3CCOCC3)nc2)n1. The second kappa shape index (κ2) is 7.52. The molecule has 2 aromatic heterocycles. The molecular formula is C16H20N4O2S. The Kier molecular flexibility index (Phi) is 5.19. The van der Waals surface area contributed by atoms with Gasteiger partial charge in [-0.3, -0.25) is 4.79 Å². The van der Waals surface area contributed by atoms with Crippen molar-refractivity contribution in [3.05, 3.63) is 29.4 Å². The van der Waals surface area contributed by atoms with Gasteiger partial charge in [0.15, 0.2) is 0 Å². The highest BCUT2D eigenvalue weighted by molar-refractivity contribution is 7.13. The van der Waals surface area contributed by atoms with Gasteiger partial charge in [0, 0.05) is 36.8 Å². The van der Waals surface area contributed by atoms with Crippen molar-refractivity contribution in [2.75, 3.05) is 37.7 Å². The molecule has 23 heavy (non-hydrogen) atoms. The van der Waals surface area contributed by atoms with Crippen LogP contribution in [-0.4, -0.2) is 48.7 Å². The van der Waals surface area contributed by atoms with Crippen LogP contribution in [0, 0.1) is 0 Å². The van der Waals surface area contributed by atoms with Crippen molar-refractivity contribution in [1.29, 1.82) is 0 Å². The van der Waals surface area contributed by atoms with E-state index in [-0.39, 0.29) is 5.91 Å². The van der Waals surface area contributed by atoms with Crippen LogP contribution in [-0.2, 0) is 4.74 Å². The molecule has 1 saturated heterocycles. The number of nitrogens with one attached hydrogen (secondary N) is 1. The molecule has 2 aromatic rings. The van der Waals surface area contributed by atoms with Crippen LogP contribution in [0.3, 0.4) is 0 Å². The van der Waals surface area contributed by atoms with Crippen LogP contribution in [0.15, 0.2) is 23.7 Å².